The first-order valence-electron chi connectivity index (χ1n) is 12.2. The fraction of sp³-hybridized carbons (Fsp3) is 0.214. The summed E-state index contributed by atoms with van der Waals surface area (Å²) in [7, 11) is 0. The molecule has 3 heterocycles. The van der Waals surface area contributed by atoms with E-state index < -0.39 is 0 Å². The van der Waals surface area contributed by atoms with Crippen LogP contribution < -0.4 is 15.5 Å². The van der Waals surface area contributed by atoms with E-state index in [4.69, 9.17) is 10.1 Å². The van der Waals surface area contributed by atoms with Gasteiger partial charge >= 0.3 is 0 Å². The lowest BCUT2D eigenvalue weighted by Crippen LogP contribution is -2.47. The minimum atomic E-state index is -0.279. The summed E-state index contributed by atoms with van der Waals surface area (Å²) in [5, 5.41) is 16.1. The van der Waals surface area contributed by atoms with E-state index in [1.165, 1.54) is 11.8 Å². The van der Waals surface area contributed by atoms with Crippen LogP contribution in [-0.4, -0.2) is 70.2 Å². The Bertz CT molecular complexity index is 1400. The second kappa shape index (κ2) is 11.2. The van der Waals surface area contributed by atoms with Crippen molar-refractivity contribution in [2.45, 2.75) is 0 Å². The predicted molar refractivity (Wildman–Crippen MR) is 147 cm³/mol. The van der Waals surface area contributed by atoms with Crippen LogP contribution in [0.1, 0.15) is 0 Å². The van der Waals surface area contributed by atoms with Crippen LogP contribution in [0.4, 0.5) is 23.0 Å². The Hall–Kier alpha value is -4.34. The highest BCUT2D eigenvalue weighted by molar-refractivity contribution is 5.99. The molecule has 0 spiro atoms. The summed E-state index contributed by atoms with van der Waals surface area (Å²) in [6.07, 6.45) is 4.67. The Morgan fingerprint density at radius 2 is 1.84 bits per heavy atom. The Kier molecular flexibility index (Phi) is 7.34. The monoisotopic (exact) mass is 495 g/mol. The molecule has 0 unspecified atom stereocenters. The molecule has 1 aliphatic rings. The maximum absolute atomic E-state index is 11.7. The molecule has 5 rings (SSSR count). The predicted octanol–water partition coefficient (Wildman–Crippen LogP) is 3.67. The van der Waals surface area contributed by atoms with E-state index in [1.54, 1.807) is 18.5 Å². The number of aliphatic hydroxyl groups is 1. The van der Waals surface area contributed by atoms with Crippen molar-refractivity contribution in [3.8, 4) is 11.3 Å². The lowest BCUT2D eigenvalue weighted by molar-refractivity contribution is -0.111. The van der Waals surface area contributed by atoms with E-state index in [0.717, 1.165) is 54.9 Å². The average Bonchev–Trinajstić information content (AvgIpc) is 2.94. The molecule has 1 amide bonds. The molecule has 1 saturated heterocycles. The van der Waals surface area contributed by atoms with Gasteiger partial charge in [-0.3, -0.25) is 14.7 Å². The van der Waals surface area contributed by atoms with E-state index in [9.17, 15) is 4.79 Å². The second-order valence-electron chi connectivity index (χ2n) is 8.78. The van der Waals surface area contributed by atoms with Crippen LogP contribution in [0.25, 0.3) is 22.2 Å². The highest BCUT2D eigenvalue weighted by atomic mass is 16.3. The number of fused-ring (bicyclic) bond motifs is 1. The molecular formula is C28H29N7O2. The molecule has 37 heavy (non-hydrogen) atoms. The Morgan fingerprint density at radius 1 is 1.03 bits per heavy atom. The molecule has 188 valence electrons. The molecule has 1 fully saturated rings. The van der Waals surface area contributed by atoms with Crippen molar-refractivity contribution in [3.05, 3.63) is 79.6 Å². The molecule has 0 saturated carbocycles. The van der Waals surface area contributed by atoms with Crippen LogP contribution >= 0.6 is 0 Å². The Labute approximate surface area is 215 Å². The van der Waals surface area contributed by atoms with Crippen molar-refractivity contribution in [3.63, 3.8) is 0 Å². The van der Waals surface area contributed by atoms with Gasteiger partial charge in [-0.15, -0.1) is 0 Å². The minimum Gasteiger partial charge on any atom is -0.395 e. The molecule has 3 N–H and O–H groups in total. The number of β-amino-alcohol motifs (C(OH)–C–C–N with tert-alkyl or cyclic N) is 1. The van der Waals surface area contributed by atoms with Crippen molar-refractivity contribution in [1.29, 1.82) is 0 Å². The van der Waals surface area contributed by atoms with Crippen molar-refractivity contribution in [2.75, 3.05) is 54.9 Å². The van der Waals surface area contributed by atoms with Crippen molar-refractivity contribution >= 4 is 39.8 Å². The summed E-state index contributed by atoms with van der Waals surface area (Å²) in [5.74, 6) is 0.209. The molecular weight excluding hydrogens is 466 g/mol. The van der Waals surface area contributed by atoms with Crippen LogP contribution in [0.5, 0.6) is 0 Å². The Morgan fingerprint density at radius 3 is 2.59 bits per heavy atom. The molecule has 9 nitrogen and oxygen atoms in total. The number of amides is 1. The summed E-state index contributed by atoms with van der Waals surface area (Å²) in [4.78, 5) is 30.1. The zero-order valence-corrected chi connectivity index (χ0v) is 20.5. The number of para-hydroxylation sites is 1. The second-order valence-corrected chi connectivity index (χ2v) is 8.78. The number of carbonyl (C=O) groups excluding carboxylic acids is 1. The van der Waals surface area contributed by atoms with Gasteiger partial charge in [-0.2, -0.15) is 0 Å². The molecule has 2 aromatic carbocycles. The molecule has 1 aliphatic heterocycles. The van der Waals surface area contributed by atoms with Gasteiger partial charge < -0.3 is 20.6 Å². The smallest absolute Gasteiger partial charge is 0.247 e. The molecule has 0 bridgehead atoms. The first-order valence-corrected chi connectivity index (χ1v) is 12.2. The number of hydrogen-bond donors (Lipinski definition) is 3. The van der Waals surface area contributed by atoms with Crippen LogP contribution in [0.3, 0.4) is 0 Å². The zero-order valence-electron chi connectivity index (χ0n) is 20.5. The zero-order chi connectivity index (χ0) is 25.6. The van der Waals surface area contributed by atoms with E-state index in [2.05, 4.69) is 49.1 Å². The van der Waals surface area contributed by atoms with Crippen LogP contribution in [0.2, 0.25) is 0 Å². The van der Waals surface area contributed by atoms with Gasteiger partial charge in [0.05, 0.1) is 17.8 Å². The van der Waals surface area contributed by atoms with E-state index in [0.29, 0.717) is 17.3 Å². The fourth-order valence-corrected chi connectivity index (χ4v) is 4.43. The molecule has 0 aliphatic carbocycles. The number of aromatic nitrogens is 3. The lowest BCUT2D eigenvalue weighted by Gasteiger charge is -2.35. The SMILES string of the molecule is C=CC(=O)Nc1ccnc(-c2cccc3cnc(Nc4ccc(N5CCN(CCO)CC5)cc4)nc23)c1. The standard InChI is InChI=1S/C28H29N7O2/c1-2-26(37)31-22-10-11-29-25(18-22)24-5-3-4-20-19-30-28(33-27(20)24)32-21-6-8-23(9-7-21)35-14-12-34(13-15-35)16-17-36/h2-11,18-19,36H,1,12-17H2,(H,29,31,37)(H,30,32,33). The number of pyridine rings is 1. The summed E-state index contributed by atoms with van der Waals surface area (Å²) >= 11 is 0. The van der Waals surface area contributed by atoms with Crippen LogP contribution in [0.15, 0.2) is 79.6 Å². The third kappa shape index (κ3) is 5.74. The largest absolute Gasteiger partial charge is 0.395 e. The lowest BCUT2D eigenvalue weighted by atomic mass is 10.1. The maximum atomic E-state index is 11.7. The number of benzene rings is 2. The Balaban J connectivity index is 1.34. The molecule has 0 radical (unpaired) electrons. The van der Waals surface area contributed by atoms with Gasteiger partial charge in [-0.05, 0) is 42.5 Å². The van der Waals surface area contributed by atoms with E-state index in [-0.39, 0.29) is 12.5 Å². The van der Waals surface area contributed by atoms with Gasteiger partial charge in [0.15, 0.2) is 0 Å². The van der Waals surface area contributed by atoms with E-state index in [1.807, 2.05) is 36.4 Å². The molecule has 4 aromatic rings. The summed E-state index contributed by atoms with van der Waals surface area (Å²) in [6.45, 7) is 8.22. The molecule has 0 atom stereocenters. The van der Waals surface area contributed by atoms with Crippen molar-refractivity contribution in [2.24, 2.45) is 0 Å². The summed E-state index contributed by atoms with van der Waals surface area (Å²) in [5.41, 5.74) is 5.00. The number of aliphatic hydroxyl groups excluding tert-OH is 1. The van der Waals surface area contributed by atoms with Gasteiger partial charge in [0.25, 0.3) is 0 Å². The number of hydrogen-bond acceptors (Lipinski definition) is 8. The number of nitrogens with zero attached hydrogens (tertiary/aromatic N) is 5. The van der Waals surface area contributed by atoms with Crippen LogP contribution in [-0.2, 0) is 4.79 Å². The normalized spacial score (nSPS) is 13.9. The van der Waals surface area contributed by atoms with Crippen molar-refractivity contribution in [1.82, 2.24) is 19.9 Å². The molecule has 2 aromatic heterocycles. The number of rotatable bonds is 8. The maximum Gasteiger partial charge on any atom is 0.247 e. The topological polar surface area (TPSA) is 107 Å². The highest BCUT2D eigenvalue weighted by Crippen LogP contribution is 2.29. The van der Waals surface area contributed by atoms with Gasteiger partial charge in [0.2, 0.25) is 11.9 Å². The third-order valence-corrected chi connectivity index (χ3v) is 6.38. The summed E-state index contributed by atoms with van der Waals surface area (Å²) in [6, 6.07) is 17.7. The fourth-order valence-electron chi connectivity index (χ4n) is 4.43. The third-order valence-electron chi connectivity index (χ3n) is 6.38. The quantitative estimate of drug-likeness (QED) is 0.318. The van der Waals surface area contributed by atoms with Gasteiger partial charge in [0.1, 0.15) is 0 Å². The number of piperazine rings is 1. The van der Waals surface area contributed by atoms with Gasteiger partial charge in [-0.1, -0.05) is 24.8 Å². The highest BCUT2D eigenvalue weighted by Gasteiger charge is 2.16. The van der Waals surface area contributed by atoms with Crippen LogP contribution in [0, 0.1) is 0 Å². The number of carbonyl (C=O) groups is 1. The van der Waals surface area contributed by atoms with Crippen molar-refractivity contribution < 1.29 is 9.90 Å². The average molecular weight is 496 g/mol. The van der Waals surface area contributed by atoms with E-state index >= 15 is 0 Å². The minimum absolute atomic E-state index is 0.204. The first kappa shape index (κ1) is 24.4. The molecule has 9 heteroatoms. The van der Waals surface area contributed by atoms with Gasteiger partial charge in [-0.25, -0.2) is 9.97 Å². The summed E-state index contributed by atoms with van der Waals surface area (Å²) < 4.78 is 0. The van der Waals surface area contributed by atoms with Gasteiger partial charge in [0, 0.05) is 73.1 Å². The first-order chi connectivity index (χ1) is 18.1. The number of anilines is 4. The number of nitrogens with one attached hydrogen (secondary N) is 2.